The van der Waals surface area contributed by atoms with Gasteiger partial charge in [0.15, 0.2) is 5.13 Å². The summed E-state index contributed by atoms with van der Waals surface area (Å²) in [6.07, 6.45) is 3.97. The second-order valence-corrected chi connectivity index (χ2v) is 7.86. The number of anilines is 1. The van der Waals surface area contributed by atoms with Crippen LogP contribution in [-0.2, 0) is 4.74 Å². The Hall–Kier alpha value is -1.63. The van der Waals surface area contributed by atoms with E-state index in [9.17, 15) is 9.59 Å². The lowest BCUT2D eigenvalue weighted by molar-refractivity contribution is 0.0635. The number of thiazole rings is 1. The van der Waals surface area contributed by atoms with Gasteiger partial charge in [-0.15, -0.1) is 11.3 Å². The third kappa shape index (κ3) is 5.49. The fraction of sp³-hybridized carbons (Fsp3) is 0.688. The van der Waals surface area contributed by atoms with Gasteiger partial charge in [-0.3, -0.25) is 10.1 Å². The molecule has 2 rings (SSSR count). The molecule has 1 aromatic rings. The SMILES string of the molecule is CC1CCCCC1NC(=O)c1csc(NC(=O)OC(C)(C)C)n1. The number of aromatic nitrogens is 1. The maximum Gasteiger partial charge on any atom is 0.413 e. The number of carbonyl (C=O) groups is 2. The molecule has 2 amide bonds. The summed E-state index contributed by atoms with van der Waals surface area (Å²) in [4.78, 5) is 28.1. The first-order valence-corrected chi connectivity index (χ1v) is 8.89. The first-order valence-electron chi connectivity index (χ1n) is 8.01. The van der Waals surface area contributed by atoms with E-state index in [1.807, 2.05) is 0 Å². The summed E-state index contributed by atoms with van der Waals surface area (Å²) < 4.78 is 5.16. The number of carbonyl (C=O) groups excluding carboxylic acids is 2. The first-order chi connectivity index (χ1) is 10.7. The lowest BCUT2D eigenvalue weighted by Crippen LogP contribution is -2.41. The highest BCUT2D eigenvalue weighted by Crippen LogP contribution is 2.24. The Morgan fingerprint density at radius 3 is 2.65 bits per heavy atom. The van der Waals surface area contributed by atoms with Gasteiger partial charge in [0.2, 0.25) is 0 Å². The van der Waals surface area contributed by atoms with Crippen molar-refractivity contribution < 1.29 is 14.3 Å². The smallest absolute Gasteiger partial charge is 0.413 e. The molecule has 0 saturated heterocycles. The highest BCUT2D eigenvalue weighted by molar-refractivity contribution is 7.14. The van der Waals surface area contributed by atoms with E-state index in [0.29, 0.717) is 16.7 Å². The number of ether oxygens (including phenoxy) is 1. The van der Waals surface area contributed by atoms with E-state index in [2.05, 4.69) is 22.5 Å². The third-order valence-electron chi connectivity index (χ3n) is 3.77. The van der Waals surface area contributed by atoms with Gasteiger partial charge in [-0.1, -0.05) is 19.8 Å². The average molecular weight is 339 g/mol. The van der Waals surface area contributed by atoms with E-state index in [-0.39, 0.29) is 11.9 Å². The fourth-order valence-electron chi connectivity index (χ4n) is 2.60. The monoisotopic (exact) mass is 339 g/mol. The Balaban J connectivity index is 1.90. The molecule has 1 heterocycles. The highest BCUT2D eigenvalue weighted by Gasteiger charge is 2.24. The van der Waals surface area contributed by atoms with Gasteiger partial charge in [0.1, 0.15) is 11.3 Å². The second-order valence-electron chi connectivity index (χ2n) is 7.01. The van der Waals surface area contributed by atoms with Crippen molar-refractivity contribution in [1.29, 1.82) is 0 Å². The predicted octanol–water partition coefficient (Wildman–Crippen LogP) is 3.80. The lowest BCUT2D eigenvalue weighted by atomic mass is 9.86. The number of amides is 2. The molecule has 1 aliphatic rings. The van der Waals surface area contributed by atoms with Crippen LogP contribution < -0.4 is 10.6 Å². The van der Waals surface area contributed by atoms with Crippen molar-refractivity contribution in [3.63, 3.8) is 0 Å². The number of rotatable bonds is 3. The Morgan fingerprint density at radius 1 is 1.30 bits per heavy atom. The van der Waals surface area contributed by atoms with Crippen molar-refractivity contribution in [2.45, 2.75) is 65.0 Å². The van der Waals surface area contributed by atoms with Crippen LogP contribution in [0.3, 0.4) is 0 Å². The van der Waals surface area contributed by atoms with Crippen LogP contribution in [0.1, 0.15) is 63.9 Å². The number of nitrogens with zero attached hydrogens (tertiary/aromatic N) is 1. The van der Waals surface area contributed by atoms with Gasteiger partial charge >= 0.3 is 6.09 Å². The number of nitrogens with one attached hydrogen (secondary N) is 2. The molecule has 0 aliphatic heterocycles. The zero-order valence-electron chi connectivity index (χ0n) is 14.1. The minimum absolute atomic E-state index is 0.183. The van der Waals surface area contributed by atoms with Crippen molar-refractivity contribution in [2.24, 2.45) is 5.92 Å². The Kier molecular flexibility index (Phi) is 5.62. The molecule has 2 N–H and O–H groups in total. The maximum atomic E-state index is 12.3. The molecular formula is C16H25N3O3S. The third-order valence-corrected chi connectivity index (χ3v) is 4.53. The molecule has 0 aromatic carbocycles. The molecule has 1 fully saturated rings. The van der Waals surface area contributed by atoms with E-state index in [4.69, 9.17) is 4.74 Å². The van der Waals surface area contributed by atoms with Crippen molar-refractivity contribution in [3.05, 3.63) is 11.1 Å². The van der Waals surface area contributed by atoms with Crippen LogP contribution in [0, 0.1) is 5.92 Å². The molecule has 23 heavy (non-hydrogen) atoms. The first kappa shape index (κ1) is 17.7. The highest BCUT2D eigenvalue weighted by atomic mass is 32.1. The van der Waals surface area contributed by atoms with Crippen LogP contribution in [0.4, 0.5) is 9.93 Å². The molecule has 2 unspecified atom stereocenters. The molecule has 0 bridgehead atoms. The Morgan fingerprint density at radius 2 is 2.00 bits per heavy atom. The van der Waals surface area contributed by atoms with Gasteiger partial charge in [0.25, 0.3) is 5.91 Å². The summed E-state index contributed by atoms with van der Waals surface area (Å²) in [5.74, 6) is 0.308. The molecule has 128 valence electrons. The summed E-state index contributed by atoms with van der Waals surface area (Å²) in [5, 5.41) is 7.61. The molecule has 7 heteroatoms. The zero-order valence-corrected chi connectivity index (χ0v) is 15.0. The van der Waals surface area contributed by atoms with Crippen molar-refractivity contribution in [2.75, 3.05) is 5.32 Å². The molecule has 1 aliphatic carbocycles. The number of hydrogen-bond donors (Lipinski definition) is 2. The van der Waals surface area contributed by atoms with Crippen LogP contribution in [0.2, 0.25) is 0 Å². The topological polar surface area (TPSA) is 80.3 Å². The van der Waals surface area contributed by atoms with Gasteiger partial charge in [-0.25, -0.2) is 9.78 Å². The predicted molar refractivity (Wildman–Crippen MR) is 90.9 cm³/mol. The Labute approximate surface area is 141 Å². The normalized spacial score (nSPS) is 21.6. The summed E-state index contributed by atoms with van der Waals surface area (Å²) in [5.41, 5.74) is -0.239. The van der Waals surface area contributed by atoms with Crippen LogP contribution in [0.15, 0.2) is 5.38 Å². The van der Waals surface area contributed by atoms with Crippen molar-refractivity contribution in [1.82, 2.24) is 10.3 Å². The molecular weight excluding hydrogens is 314 g/mol. The molecule has 1 saturated carbocycles. The van der Waals surface area contributed by atoms with E-state index >= 15 is 0 Å². The maximum absolute atomic E-state index is 12.3. The zero-order chi connectivity index (χ0) is 17.0. The summed E-state index contributed by atoms with van der Waals surface area (Å²) >= 11 is 1.21. The summed E-state index contributed by atoms with van der Waals surface area (Å²) in [7, 11) is 0. The van der Waals surface area contributed by atoms with Crippen molar-refractivity contribution >= 4 is 28.5 Å². The Bertz CT molecular complexity index is 565. The van der Waals surface area contributed by atoms with Crippen molar-refractivity contribution in [3.8, 4) is 0 Å². The minimum atomic E-state index is -0.571. The van der Waals surface area contributed by atoms with Gasteiger partial charge in [0, 0.05) is 11.4 Å². The van der Waals surface area contributed by atoms with E-state index < -0.39 is 11.7 Å². The average Bonchev–Trinajstić information content (AvgIpc) is 2.87. The molecule has 1 aromatic heterocycles. The van der Waals surface area contributed by atoms with E-state index in [0.717, 1.165) is 19.3 Å². The fourth-order valence-corrected chi connectivity index (χ4v) is 3.28. The van der Waals surface area contributed by atoms with Gasteiger partial charge in [-0.05, 0) is 39.5 Å². The van der Waals surface area contributed by atoms with Gasteiger partial charge < -0.3 is 10.1 Å². The molecule has 0 radical (unpaired) electrons. The van der Waals surface area contributed by atoms with Crippen LogP contribution in [0.25, 0.3) is 0 Å². The van der Waals surface area contributed by atoms with Crippen LogP contribution in [0.5, 0.6) is 0 Å². The van der Waals surface area contributed by atoms with E-state index in [1.165, 1.54) is 17.8 Å². The molecule has 6 nitrogen and oxygen atoms in total. The van der Waals surface area contributed by atoms with Gasteiger partial charge in [0.05, 0.1) is 0 Å². The second kappa shape index (κ2) is 7.29. The summed E-state index contributed by atoms with van der Waals surface area (Å²) in [6.45, 7) is 7.54. The summed E-state index contributed by atoms with van der Waals surface area (Å²) in [6, 6.07) is 0.209. The van der Waals surface area contributed by atoms with Crippen LogP contribution in [-0.4, -0.2) is 28.6 Å². The quantitative estimate of drug-likeness (QED) is 0.878. The van der Waals surface area contributed by atoms with Crippen LogP contribution >= 0.6 is 11.3 Å². The largest absolute Gasteiger partial charge is 0.444 e. The van der Waals surface area contributed by atoms with E-state index in [1.54, 1.807) is 26.2 Å². The minimum Gasteiger partial charge on any atom is -0.444 e. The lowest BCUT2D eigenvalue weighted by Gasteiger charge is -2.29. The molecule has 2 atom stereocenters. The van der Waals surface area contributed by atoms with Gasteiger partial charge in [-0.2, -0.15) is 0 Å². The standard InChI is InChI=1S/C16H25N3O3S/c1-10-7-5-6-8-11(10)17-13(20)12-9-23-14(18-12)19-15(21)22-16(2,3)4/h9-11H,5-8H2,1-4H3,(H,17,20)(H,18,19,21). The number of hydrogen-bond acceptors (Lipinski definition) is 5. The molecule has 0 spiro atoms.